The monoisotopic (exact) mass is 764 g/mol. The lowest BCUT2D eigenvalue weighted by Crippen LogP contribution is -2.12. The first-order chi connectivity index (χ1) is 29.7. The van der Waals surface area contributed by atoms with Crippen molar-refractivity contribution in [3.8, 4) is 27.9 Å². The summed E-state index contributed by atoms with van der Waals surface area (Å²) in [4.78, 5) is 2.45. The maximum atomic E-state index is 2.45. The van der Waals surface area contributed by atoms with Gasteiger partial charge in [0.05, 0.1) is 16.7 Å². The minimum absolute atomic E-state index is 0.897. The summed E-state index contributed by atoms with van der Waals surface area (Å²) < 4.78 is 2.41. The van der Waals surface area contributed by atoms with E-state index in [1.807, 2.05) is 0 Å². The molecule has 1 aliphatic rings. The molecular weight excluding hydrogens is 725 g/mol. The second kappa shape index (κ2) is 14.0. The number of nitrogens with zero attached hydrogens (tertiary/aromatic N) is 2. The van der Waals surface area contributed by atoms with Gasteiger partial charge in [0.25, 0.3) is 0 Å². The van der Waals surface area contributed by atoms with Gasteiger partial charge in [0.1, 0.15) is 0 Å². The number of rotatable bonds is 6. The van der Waals surface area contributed by atoms with Crippen molar-refractivity contribution in [3.63, 3.8) is 0 Å². The molecule has 0 N–H and O–H groups in total. The Labute approximate surface area is 349 Å². The summed E-state index contributed by atoms with van der Waals surface area (Å²) in [6.07, 6.45) is 1.79. The predicted octanol–water partition coefficient (Wildman–Crippen LogP) is 15.4. The topological polar surface area (TPSA) is 8.17 Å². The van der Waals surface area contributed by atoms with E-state index in [2.05, 4.69) is 228 Å². The second-order valence-corrected chi connectivity index (χ2v) is 16.1. The van der Waals surface area contributed by atoms with Gasteiger partial charge in [0.2, 0.25) is 0 Å². The first kappa shape index (κ1) is 34.4. The van der Waals surface area contributed by atoms with E-state index < -0.39 is 0 Å². The number of para-hydroxylation sites is 1. The largest absolute Gasteiger partial charge is 0.310 e. The van der Waals surface area contributed by atoms with Gasteiger partial charge in [-0.2, -0.15) is 0 Å². The summed E-state index contributed by atoms with van der Waals surface area (Å²) in [6, 6.07) is 80.4. The second-order valence-electron chi connectivity index (χ2n) is 16.1. The summed E-state index contributed by atoms with van der Waals surface area (Å²) >= 11 is 0. The summed E-state index contributed by atoms with van der Waals surface area (Å²) in [5, 5.41) is 7.87. The molecule has 0 radical (unpaired) electrons. The molecule has 11 aromatic rings. The highest BCUT2D eigenvalue weighted by atomic mass is 15.1. The van der Waals surface area contributed by atoms with Gasteiger partial charge in [-0.3, -0.25) is 0 Å². The quantitative estimate of drug-likeness (QED) is 0.164. The first-order valence-corrected chi connectivity index (χ1v) is 20.9. The first-order valence-electron chi connectivity index (χ1n) is 20.9. The lowest BCUT2D eigenvalue weighted by molar-refractivity contribution is 1.16. The van der Waals surface area contributed by atoms with Crippen LogP contribution in [0.1, 0.15) is 22.3 Å². The SMILES string of the molecule is c1ccc(-c2ccc(N(c3ccc(-n4c5ccccc5c5cc(-c6ccccc6)ccc54)cc3)c3ccc4c5c(cccc35)Cc3cccc5cccc(c35)C4)cc2)cc1. The molecule has 1 aromatic heterocycles. The van der Waals surface area contributed by atoms with Crippen LogP contribution in [0.3, 0.4) is 0 Å². The Morgan fingerprint density at radius 3 is 1.55 bits per heavy atom. The Bertz CT molecular complexity index is 3350. The van der Waals surface area contributed by atoms with Crippen molar-refractivity contribution in [3.05, 3.63) is 241 Å². The van der Waals surface area contributed by atoms with Gasteiger partial charge >= 0.3 is 0 Å². The molecule has 282 valence electrons. The molecule has 0 saturated carbocycles. The number of aromatic nitrogens is 1. The maximum Gasteiger partial charge on any atom is 0.0541 e. The molecule has 0 unspecified atom stereocenters. The predicted molar refractivity (Wildman–Crippen MR) is 253 cm³/mol. The Morgan fingerprint density at radius 1 is 0.333 bits per heavy atom. The molecule has 10 aromatic carbocycles. The van der Waals surface area contributed by atoms with Gasteiger partial charge in [-0.25, -0.2) is 0 Å². The van der Waals surface area contributed by atoms with E-state index in [0.717, 1.165) is 29.9 Å². The van der Waals surface area contributed by atoms with Crippen LogP contribution in [0.5, 0.6) is 0 Å². The summed E-state index contributed by atoms with van der Waals surface area (Å²) in [7, 11) is 0. The van der Waals surface area contributed by atoms with Crippen LogP contribution in [0.2, 0.25) is 0 Å². The third-order valence-corrected chi connectivity index (χ3v) is 12.6. The number of benzene rings is 10. The number of hydrogen-bond donors (Lipinski definition) is 0. The Morgan fingerprint density at radius 2 is 0.850 bits per heavy atom. The molecule has 2 heteroatoms. The standard InChI is InChI=1S/C58H40N2/c1-3-12-39(13-4-1)41-24-28-48(29-25-41)59(55-35-27-47-37-45-19-10-17-42-16-9-18-44(57(42)45)36-46-20-11-22-52(55)58(46)47)49-30-32-50(33-31-49)60-54-23-8-7-21-51(54)53-38-43(26-34-56(53)60)40-14-5-2-6-15-40/h1-35,38H,36-37H2. The highest BCUT2D eigenvalue weighted by Crippen LogP contribution is 2.44. The van der Waals surface area contributed by atoms with Crippen LogP contribution in [0.25, 0.3) is 71.3 Å². The smallest absolute Gasteiger partial charge is 0.0541 e. The van der Waals surface area contributed by atoms with Crippen LogP contribution in [0.4, 0.5) is 17.1 Å². The molecule has 0 atom stereocenters. The fraction of sp³-hybridized carbons (Fsp3) is 0.0345. The molecule has 60 heavy (non-hydrogen) atoms. The van der Waals surface area contributed by atoms with Crippen molar-refractivity contribution >= 4 is 60.4 Å². The summed E-state index contributed by atoms with van der Waals surface area (Å²) in [6.45, 7) is 0. The zero-order chi connectivity index (χ0) is 39.6. The van der Waals surface area contributed by atoms with Gasteiger partial charge in [-0.05, 0) is 134 Å². The highest BCUT2D eigenvalue weighted by molar-refractivity contribution is 6.10. The Kier molecular flexibility index (Phi) is 8.02. The average molecular weight is 765 g/mol. The molecule has 0 saturated heterocycles. The molecule has 0 aliphatic heterocycles. The Balaban J connectivity index is 1.01. The van der Waals surface area contributed by atoms with Crippen LogP contribution < -0.4 is 4.90 Å². The lowest BCUT2D eigenvalue weighted by Gasteiger charge is -2.29. The minimum atomic E-state index is 0.897. The number of hydrogen-bond acceptors (Lipinski definition) is 1. The van der Waals surface area contributed by atoms with Gasteiger partial charge in [-0.1, -0.05) is 158 Å². The minimum Gasteiger partial charge on any atom is -0.310 e. The van der Waals surface area contributed by atoms with E-state index in [-0.39, 0.29) is 0 Å². The summed E-state index contributed by atoms with van der Waals surface area (Å²) in [5.74, 6) is 0. The van der Waals surface area contributed by atoms with Crippen LogP contribution in [-0.2, 0) is 12.8 Å². The van der Waals surface area contributed by atoms with Crippen LogP contribution in [0, 0.1) is 0 Å². The van der Waals surface area contributed by atoms with Crippen molar-refractivity contribution in [2.45, 2.75) is 12.8 Å². The molecule has 1 aliphatic carbocycles. The van der Waals surface area contributed by atoms with E-state index in [1.54, 1.807) is 0 Å². The Hall–Kier alpha value is -7.68. The molecule has 2 nitrogen and oxygen atoms in total. The van der Waals surface area contributed by atoms with Crippen LogP contribution >= 0.6 is 0 Å². The van der Waals surface area contributed by atoms with Crippen LogP contribution in [-0.4, -0.2) is 4.57 Å². The van der Waals surface area contributed by atoms with Crippen LogP contribution in [0.15, 0.2) is 218 Å². The molecule has 0 amide bonds. The molecular formula is C58H40N2. The van der Waals surface area contributed by atoms with Gasteiger partial charge in [0.15, 0.2) is 0 Å². The maximum absolute atomic E-state index is 2.45. The molecule has 1 heterocycles. The van der Waals surface area contributed by atoms with Crippen molar-refractivity contribution < 1.29 is 0 Å². The van der Waals surface area contributed by atoms with Crippen molar-refractivity contribution in [2.75, 3.05) is 4.90 Å². The molecule has 12 rings (SSSR count). The third kappa shape index (κ3) is 5.64. The van der Waals surface area contributed by atoms with E-state index in [4.69, 9.17) is 0 Å². The van der Waals surface area contributed by atoms with Crippen molar-refractivity contribution in [1.29, 1.82) is 0 Å². The molecule has 0 bridgehead atoms. The zero-order valence-electron chi connectivity index (χ0n) is 33.1. The highest BCUT2D eigenvalue weighted by Gasteiger charge is 2.22. The zero-order valence-corrected chi connectivity index (χ0v) is 33.1. The third-order valence-electron chi connectivity index (χ3n) is 12.6. The van der Waals surface area contributed by atoms with Crippen molar-refractivity contribution in [1.82, 2.24) is 4.57 Å². The van der Waals surface area contributed by atoms with E-state index in [0.29, 0.717) is 0 Å². The molecule has 0 fully saturated rings. The molecule has 0 spiro atoms. The van der Waals surface area contributed by atoms with E-state index in [9.17, 15) is 0 Å². The fourth-order valence-electron chi connectivity index (χ4n) is 9.91. The summed E-state index contributed by atoms with van der Waals surface area (Å²) in [5.41, 5.74) is 17.4. The van der Waals surface area contributed by atoms with Gasteiger partial charge in [-0.15, -0.1) is 0 Å². The van der Waals surface area contributed by atoms with Gasteiger partial charge < -0.3 is 9.47 Å². The average Bonchev–Trinajstić information content (AvgIpc) is 3.64. The number of fused-ring (bicyclic) bond motifs is 3. The van der Waals surface area contributed by atoms with Gasteiger partial charge in [0, 0.05) is 33.2 Å². The fourth-order valence-corrected chi connectivity index (χ4v) is 9.91. The van der Waals surface area contributed by atoms with E-state index in [1.165, 1.54) is 93.5 Å². The number of anilines is 3. The normalized spacial score (nSPS) is 12.2. The lowest BCUT2D eigenvalue weighted by atomic mass is 9.85. The van der Waals surface area contributed by atoms with E-state index >= 15 is 0 Å². The van der Waals surface area contributed by atoms with Crippen molar-refractivity contribution in [2.24, 2.45) is 0 Å².